The van der Waals surface area contributed by atoms with Gasteiger partial charge in [0.1, 0.15) is 22.8 Å². The predicted octanol–water partition coefficient (Wildman–Crippen LogP) is 0.0659. The van der Waals surface area contributed by atoms with E-state index in [-0.39, 0.29) is 29.7 Å². The van der Waals surface area contributed by atoms with Crippen molar-refractivity contribution in [3.63, 3.8) is 0 Å². The number of hydrogen-bond donors (Lipinski definition) is 6. The fraction of sp³-hybridized carbons (Fsp3) is 0.273. The van der Waals surface area contributed by atoms with Crippen LogP contribution >= 0.6 is 0 Å². The number of nitrogens with zero attached hydrogens (tertiary/aromatic N) is 1. The summed E-state index contributed by atoms with van der Waals surface area (Å²) in [6.07, 6.45) is 1.71. The number of aromatic nitrogens is 1. The molecule has 3 aliphatic rings. The Kier molecular flexibility index (Phi) is 4.02. The van der Waals surface area contributed by atoms with Crippen molar-refractivity contribution in [2.45, 2.75) is 24.5 Å². The number of hydrogen-bond acceptors (Lipinski definition) is 9. The first-order valence-corrected chi connectivity index (χ1v) is 9.92. The zero-order valence-corrected chi connectivity index (χ0v) is 16.6. The van der Waals surface area contributed by atoms with Crippen molar-refractivity contribution in [1.29, 1.82) is 0 Å². The standard InChI is InChI=1S/C22H19N3O7/c23-15-10-5-7-4-8-6-11-9(2-1-3-25-11)16(26)12(8)17(27)13(7)19(29)22(10,32)20(30)14(18(15)28)21(24)31/h1-3,6-7,10,15,26,28-29,32H,4-5,23H2,(H2,24,31)/t7-,10-,15-,22-/m0/s1. The molecule has 0 fully saturated rings. The van der Waals surface area contributed by atoms with E-state index in [4.69, 9.17) is 11.5 Å². The molecule has 0 spiro atoms. The van der Waals surface area contributed by atoms with Crippen molar-refractivity contribution in [1.82, 2.24) is 4.98 Å². The number of rotatable bonds is 1. The van der Waals surface area contributed by atoms with Crippen molar-refractivity contribution in [3.8, 4) is 5.75 Å². The average molecular weight is 437 g/mol. The molecule has 5 rings (SSSR count). The Balaban J connectivity index is 1.74. The molecule has 0 radical (unpaired) electrons. The summed E-state index contributed by atoms with van der Waals surface area (Å²) >= 11 is 0. The summed E-state index contributed by atoms with van der Waals surface area (Å²) < 4.78 is 0. The summed E-state index contributed by atoms with van der Waals surface area (Å²) in [5.74, 6) is -7.24. The molecule has 32 heavy (non-hydrogen) atoms. The van der Waals surface area contributed by atoms with Crippen LogP contribution in [-0.4, -0.2) is 54.5 Å². The lowest BCUT2D eigenvalue weighted by atomic mass is 9.59. The van der Waals surface area contributed by atoms with Gasteiger partial charge < -0.3 is 31.9 Å². The van der Waals surface area contributed by atoms with Crippen molar-refractivity contribution in [2.24, 2.45) is 23.3 Å². The molecule has 3 aliphatic carbocycles. The second-order valence-corrected chi connectivity index (χ2v) is 8.41. The molecule has 2 aromatic rings. The van der Waals surface area contributed by atoms with Crippen LogP contribution in [0.15, 0.2) is 47.1 Å². The number of benzene rings is 1. The van der Waals surface area contributed by atoms with E-state index in [1.807, 2.05) is 0 Å². The maximum Gasteiger partial charge on any atom is 0.255 e. The molecule has 1 aromatic carbocycles. The second-order valence-electron chi connectivity index (χ2n) is 8.41. The number of primary amides is 1. The van der Waals surface area contributed by atoms with Crippen molar-refractivity contribution >= 4 is 28.4 Å². The van der Waals surface area contributed by atoms with Gasteiger partial charge in [0.15, 0.2) is 11.4 Å². The first kappa shape index (κ1) is 20.2. The number of carbonyl (C=O) groups excluding carboxylic acids is 3. The summed E-state index contributed by atoms with van der Waals surface area (Å²) in [6.45, 7) is 0. The van der Waals surface area contributed by atoms with Crippen molar-refractivity contribution < 1.29 is 34.8 Å². The molecule has 4 atom stereocenters. The third kappa shape index (κ3) is 2.30. The molecule has 1 heterocycles. The fourth-order valence-corrected chi connectivity index (χ4v) is 5.30. The van der Waals surface area contributed by atoms with Crippen LogP contribution in [0.2, 0.25) is 0 Å². The molecule has 0 bridgehead atoms. The Hall–Kier alpha value is -3.76. The Morgan fingerprint density at radius 1 is 1.22 bits per heavy atom. The monoisotopic (exact) mass is 437 g/mol. The minimum atomic E-state index is -2.71. The smallest absolute Gasteiger partial charge is 0.255 e. The molecule has 0 saturated heterocycles. The van der Waals surface area contributed by atoms with Crippen LogP contribution in [0.25, 0.3) is 10.9 Å². The van der Waals surface area contributed by atoms with Gasteiger partial charge >= 0.3 is 0 Å². The second kappa shape index (κ2) is 6.38. The van der Waals surface area contributed by atoms with E-state index in [2.05, 4.69) is 4.98 Å². The molecule has 0 unspecified atom stereocenters. The van der Waals surface area contributed by atoms with Crippen LogP contribution in [0.4, 0.5) is 0 Å². The van der Waals surface area contributed by atoms with Gasteiger partial charge in [0.25, 0.3) is 5.91 Å². The maximum atomic E-state index is 13.4. The van der Waals surface area contributed by atoms with Gasteiger partial charge in [-0.2, -0.15) is 0 Å². The SMILES string of the molecule is NC(=O)C1=C(O)[C@@H](N)[C@@H]2C[C@@H]3Cc4cc5ncccc5c(O)c4C(=O)C3=C(O)[C@]2(O)C1=O. The van der Waals surface area contributed by atoms with Crippen LogP contribution in [0.3, 0.4) is 0 Å². The average Bonchev–Trinajstić information content (AvgIpc) is 2.74. The summed E-state index contributed by atoms with van der Waals surface area (Å²) in [4.78, 5) is 42.3. The highest BCUT2D eigenvalue weighted by molar-refractivity contribution is 6.25. The Morgan fingerprint density at radius 3 is 2.62 bits per heavy atom. The van der Waals surface area contributed by atoms with E-state index in [1.54, 1.807) is 24.4 Å². The molecule has 0 saturated carbocycles. The number of amides is 1. The molecular formula is C22H19N3O7. The van der Waals surface area contributed by atoms with Gasteiger partial charge in [-0.3, -0.25) is 19.4 Å². The zero-order chi connectivity index (χ0) is 23.1. The van der Waals surface area contributed by atoms with Crippen LogP contribution in [0, 0.1) is 11.8 Å². The number of aromatic hydroxyl groups is 1. The number of nitrogens with two attached hydrogens (primary N) is 2. The molecule has 10 nitrogen and oxygen atoms in total. The van der Waals surface area contributed by atoms with E-state index in [0.29, 0.717) is 16.5 Å². The van der Waals surface area contributed by atoms with Crippen LogP contribution in [0.5, 0.6) is 5.75 Å². The number of carbonyl (C=O) groups is 3. The third-order valence-corrected chi connectivity index (χ3v) is 6.82. The molecule has 10 heteroatoms. The van der Waals surface area contributed by atoms with E-state index < -0.39 is 58.0 Å². The fourth-order valence-electron chi connectivity index (χ4n) is 5.30. The summed E-state index contributed by atoms with van der Waals surface area (Å²) in [6, 6.07) is 3.49. The highest BCUT2D eigenvalue weighted by atomic mass is 16.3. The van der Waals surface area contributed by atoms with Crippen LogP contribution < -0.4 is 11.5 Å². The Morgan fingerprint density at radius 2 is 1.94 bits per heavy atom. The first-order chi connectivity index (χ1) is 15.1. The van der Waals surface area contributed by atoms with E-state index in [0.717, 1.165) is 0 Å². The normalized spacial score (nSPS) is 29.6. The van der Waals surface area contributed by atoms with Gasteiger partial charge in [-0.05, 0) is 42.5 Å². The third-order valence-electron chi connectivity index (χ3n) is 6.82. The van der Waals surface area contributed by atoms with Crippen LogP contribution in [-0.2, 0) is 16.0 Å². The van der Waals surface area contributed by atoms with E-state index in [1.165, 1.54) is 0 Å². The number of aliphatic hydroxyl groups is 3. The number of phenolic OH excluding ortho intramolecular Hbond substituents is 1. The molecule has 8 N–H and O–H groups in total. The topological polar surface area (TPSA) is 197 Å². The highest BCUT2D eigenvalue weighted by Crippen LogP contribution is 2.51. The molecule has 1 amide bonds. The lowest BCUT2D eigenvalue weighted by molar-refractivity contribution is -0.145. The predicted molar refractivity (Wildman–Crippen MR) is 109 cm³/mol. The number of ketones is 2. The number of pyridine rings is 1. The zero-order valence-electron chi connectivity index (χ0n) is 16.6. The summed E-state index contributed by atoms with van der Waals surface area (Å²) in [5.41, 5.74) is 8.29. The molecule has 0 aliphatic heterocycles. The van der Waals surface area contributed by atoms with Crippen molar-refractivity contribution in [3.05, 3.63) is 58.2 Å². The van der Waals surface area contributed by atoms with Gasteiger partial charge in [-0.25, -0.2) is 0 Å². The highest BCUT2D eigenvalue weighted by Gasteiger charge is 2.62. The van der Waals surface area contributed by atoms with Gasteiger partial charge in [0.2, 0.25) is 5.78 Å². The van der Waals surface area contributed by atoms with Gasteiger partial charge in [-0.1, -0.05) is 0 Å². The van der Waals surface area contributed by atoms with E-state index >= 15 is 0 Å². The van der Waals surface area contributed by atoms with Gasteiger partial charge in [0.05, 0.1) is 17.1 Å². The maximum absolute atomic E-state index is 13.4. The first-order valence-electron chi connectivity index (χ1n) is 9.92. The number of phenols is 1. The lowest BCUT2D eigenvalue weighted by Crippen LogP contribution is -2.63. The largest absolute Gasteiger partial charge is 0.510 e. The lowest BCUT2D eigenvalue weighted by Gasteiger charge is -2.47. The Bertz CT molecular complexity index is 1330. The number of aliphatic hydroxyl groups excluding tert-OH is 2. The molecule has 1 aromatic heterocycles. The van der Waals surface area contributed by atoms with Gasteiger partial charge in [0, 0.05) is 23.1 Å². The number of fused-ring (bicyclic) bond motifs is 4. The van der Waals surface area contributed by atoms with Crippen LogP contribution in [0.1, 0.15) is 22.3 Å². The van der Waals surface area contributed by atoms with E-state index in [9.17, 15) is 34.8 Å². The minimum absolute atomic E-state index is 0.0366. The molecule has 164 valence electrons. The quantitative estimate of drug-likeness (QED) is 0.334. The number of Topliss-reactive ketones (excluding diaryl/α,β-unsaturated/α-hetero) is 2. The Labute approximate surface area is 180 Å². The van der Waals surface area contributed by atoms with Crippen molar-refractivity contribution in [2.75, 3.05) is 0 Å². The van der Waals surface area contributed by atoms with Gasteiger partial charge in [-0.15, -0.1) is 0 Å². The number of allylic oxidation sites excluding steroid dienone is 1. The molecular weight excluding hydrogens is 418 g/mol. The summed E-state index contributed by atoms with van der Waals surface area (Å²) in [7, 11) is 0. The summed E-state index contributed by atoms with van der Waals surface area (Å²) in [5, 5.41) is 43.7. The minimum Gasteiger partial charge on any atom is -0.510 e.